The van der Waals surface area contributed by atoms with E-state index < -0.39 is 0 Å². The molecule has 0 fully saturated rings. The van der Waals surface area contributed by atoms with Crippen LogP contribution in [0.5, 0.6) is 11.5 Å². The van der Waals surface area contributed by atoms with Crippen molar-refractivity contribution in [1.29, 1.82) is 0 Å². The molecule has 0 amide bonds. The number of aryl methyl sites for hydroxylation is 1. The Morgan fingerprint density at radius 1 is 1.31 bits per heavy atom. The highest BCUT2D eigenvalue weighted by Crippen LogP contribution is 2.39. The molecule has 2 rings (SSSR count). The SMILES string of the molecule is COc1cc2c(c(OC)c1)C(C=O)CCC2. The molecule has 86 valence electrons. The fourth-order valence-electron chi connectivity index (χ4n) is 2.36. The van der Waals surface area contributed by atoms with Gasteiger partial charge in [0.2, 0.25) is 0 Å². The lowest BCUT2D eigenvalue weighted by atomic mass is 9.83. The Morgan fingerprint density at radius 2 is 2.12 bits per heavy atom. The molecule has 0 aliphatic heterocycles. The lowest BCUT2D eigenvalue weighted by Gasteiger charge is -2.24. The van der Waals surface area contributed by atoms with E-state index in [1.54, 1.807) is 14.2 Å². The van der Waals surface area contributed by atoms with Gasteiger partial charge in [0.25, 0.3) is 0 Å². The van der Waals surface area contributed by atoms with Gasteiger partial charge in [-0.3, -0.25) is 0 Å². The number of hydrogen-bond acceptors (Lipinski definition) is 3. The van der Waals surface area contributed by atoms with E-state index in [9.17, 15) is 4.79 Å². The molecular weight excluding hydrogens is 204 g/mol. The molecule has 1 aliphatic rings. The molecule has 1 aliphatic carbocycles. The van der Waals surface area contributed by atoms with Crippen LogP contribution in [0.3, 0.4) is 0 Å². The Morgan fingerprint density at radius 3 is 2.75 bits per heavy atom. The minimum absolute atomic E-state index is 0.0235. The van der Waals surface area contributed by atoms with E-state index in [2.05, 4.69) is 0 Å². The lowest BCUT2D eigenvalue weighted by molar-refractivity contribution is -0.109. The first-order chi connectivity index (χ1) is 7.80. The molecule has 1 atom stereocenters. The number of hydrogen-bond donors (Lipinski definition) is 0. The Labute approximate surface area is 95.4 Å². The lowest BCUT2D eigenvalue weighted by Crippen LogP contribution is -2.12. The van der Waals surface area contributed by atoms with Gasteiger partial charge in [-0.1, -0.05) is 0 Å². The number of benzene rings is 1. The summed E-state index contributed by atoms with van der Waals surface area (Å²) < 4.78 is 10.6. The van der Waals surface area contributed by atoms with Crippen molar-refractivity contribution >= 4 is 6.29 Å². The molecule has 1 aromatic carbocycles. The normalized spacial score (nSPS) is 18.8. The van der Waals surface area contributed by atoms with Crippen LogP contribution in [0.1, 0.15) is 29.9 Å². The molecule has 0 bridgehead atoms. The van der Waals surface area contributed by atoms with Gasteiger partial charge in [0.05, 0.1) is 14.2 Å². The topological polar surface area (TPSA) is 35.5 Å². The van der Waals surface area contributed by atoms with Crippen LogP contribution in [-0.2, 0) is 11.2 Å². The quantitative estimate of drug-likeness (QED) is 0.733. The van der Waals surface area contributed by atoms with Crippen LogP contribution in [0.4, 0.5) is 0 Å². The second kappa shape index (κ2) is 4.56. The number of fused-ring (bicyclic) bond motifs is 1. The Bertz CT molecular complexity index is 381. The minimum atomic E-state index is -0.0235. The van der Waals surface area contributed by atoms with E-state index in [1.165, 1.54) is 5.56 Å². The second-order valence-electron chi connectivity index (χ2n) is 4.04. The molecule has 0 saturated heterocycles. The van der Waals surface area contributed by atoms with E-state index >= 15 is 0 Å². The number of carbonyl (C=O) groups is 1. The number of methoxy groups -OCH3 is 2. The summed E-state index contributed by atoms with van der Waals surface area (Å²) >= 11 is 0. The van der Waals surface area contributed by atoms with E-state index in [0.717, 1.165) is 42.6 Å². The monoisotopic (exact) mass is 220 g/mol. The smallest absolute Gasteiger partial charge is 0.127 e. The minimum Gasteiger partial charge on any atom is -0.497 e. The molecular formula is C13H16O3. The van der Waals surface area contributed by atoms with Crippen LogP contribution >= 0.6 is 0 Å². The van der Waals surface area contributed by atoms with E-state index in [-0.39, 0.29) is 5.92 Å². The summed E-state index contributed by atoms with van der Waals surface area (Å²) in [6, 6.07) is 3.86. The van der Waals surface area contributed by atoms with Gasteiger partial charge in [0.1, 0.15) is 17.8 Å². The van der Waals surface area contributed by atoms with Crippen molar-refractivity contribution in [2.24, 2.45) is 0 Å². The fraction of sp³-hybridized carbons (Fsp3) is 0.462. The Balaban J connectivity index is 2.54. The average molecular weight is 220 g/mol. The molecule has 1 unspecified atom stereocenters. The zero-order chi connectivity index (χ0) is 11.5. The van der Waals surface area contributed by atoms with Crippen LogP contribution in [0.25, 0.3) is 0 Å². The van der Waals surface area contributed by atoms with E-state index in [0.29, 0.717) is 0 Å². The molecule has 1 aromatic rings. The summed E-state index contributed by atoms with van der Waals surface area (Å²) in [6.45, 7) is 0. The largest absolute Gasteiger partial charge is 0.497 e. The van der Waals surface area contributed by atoms with Gasteiger partial charge in [-0.15, -0.1) is 0 Å². The summed E-state index contributed by atoms with van der Waals surface area (Å²) in [5.41, 5.74) is 2.23. The fourth-order valence-corrected chi connectivity index (χ4v) is 2.36. The molecule has 3 nitrogen and oxygen atoms in total. The first kappa shape index (κ1) is 11.0. The molecule has 0 radical (unpaired) electrons. The van der Waals surface area contributed by atoms with Crippen molar-refractivity contribution < 1.29 is 14.3 Å². The molecule has 3 heteroatoms. The predicted molar refractivity (Wildman–Crippen MR) is 61.3 cm³/mol. The first-order valence-corrected chi connectivity index (χ1v) is 5.50. The first-order valence-electron chi connectivity index (χ1n) is 5.50. The van der Waals surface area contributed by atoms with Crippen molar-refractivity contribution in [3.63, 3.8) is 0 Å². The van der Waals surface area contributed by atoms with Crippen molar-refractivity contribution in [3.8, 4) is 11.5 Å². The van der Waals surface area contributed by atoms with Crippen molar-refractivity contribution in [2.75, 3.05) is 14.2 Å². The molecule has 0 heterocycles. The maximum absolute atomic E-state index is 11.1. The summed E-state index contributed by atoms with van der Waals surface area (Å²) in [5, 5.41) is 0. The molecule has 16 heavy (non-hydrogen) atoms. The van der Waals surface area contributed by atoms with Crippen molar-refractivity contribution in [1.82, 2.24) is 0 Å². The summed E-state index contributed by atoms with van der Waals surface area (Å²) in [5.74, 6) is 1.54. The van der Waals surface area contributed by atoms with Crippen molar-refractivity contribution in [3.05, 3.63) is 23.3 Å². The van der Waals surface area contributed by atoms with Gasteiger partial charge in [0, 0.05) is 17.5 Å². The third-order valence-electron chi connectivity index (χ3n) is 3.15. The second-order valence-corrected chi connectivity index (χ2v) is 4.04. The predicted octanol–water partition coefficient (Wildman–Crippen LogP) is 2.32. The number of aldehydes is 1. The zero-order valence-corrected chi connectivity index (χ0v) is 9.66. The zero-order valence-electron chi connectivity index (χ0n) is 9.66. The molecule has 0 spiro atoms. The Kier molecular flexibility index (Phi) is 3.13. The van der Waals surface area contributed by atoms with Gasteiger partial charge in [-0.25, -0.2) is 0 Å². The molecule has 0 saturated carbocycles. The number of carbonyl (C=O) groups excluding carboxylic acids is 1. The van der Waals surface area contributed by atoms with Crippen LogP contribution in [0.15, 0.2) is 12.1 Å². The summed E-state index contributed by atoms with van der Waals surface area (Å²) in [6.07, 6.45) is 3.98. The average Bonchev–Trinajstić information content (AvgIpc) is 2.36. The van der Waals surface area contributed by atoms with Gasteiger partial charge >= 0.3 is 0 Å². The number of rotatable bonds is 3. The highest BCUT2D eigenvalue weighted by atomic mass is 16.5. The highest BCUT2D eigenvalue weighted by molar-refractivity contribution is 5.67. The van der Waals surface area contributed by atoms with Crippen LogP contribution in [0.2, 0.25) is 0 Å². The highest BCUT2D eigenvalue weighted by Gasteiger charge is 2.24. The van der Waals surface area contributed by atoms with Crippen LogP contribution in [0, 0.1) is 0 Å². The summed E-state index contributed by atoms with van der Waals surface area (Å²) in [4.78, 5) is 11.1. The summed E-state index contributed by atoms with van der Waals surface area (Å²) in [7, 11) is 3.27. The third-order valence-corrected chi connectivity index (χ3v) is 3.15. The number of ether oxygens (including phenoxy) is 2. The molecule has 0 N–H and O–H groups in total. The maximum atomic E-state index is 11.1. The Hall–Kier alpha value is -1.51. The van der Waals surface area contributed by atoms with Crippen LogP contribution in [-0.4, -0.2) is 20.5 Å². The van der Waals surface area contributed by atoms with E-state index in [1.807, 2.05) is 12.1 Å². The maximum Gasteiger partial charge on any atom is 0.127 e. The molecule has 0 aromatic heterocycles. The van der Waals surface area contributed by atoms with Crippen LogP contribution < -0.4 is 9.47 Å². The third kappa shape index (κ3) is 1.77. The van der Waals surface area contributed by atoms with Gasteiger partial charge < -0.3 is 14.3 Å². The van der Waals surface area contributed by atoms with E-state index in [4.69, 9.17) is 9.47 Å². The van der Waals surface area contributed by atoms with Gasteiger partial charge in [-0.05, 0) is 30.9 Å². The standard InChI is InChI=1S/C13H16O3/c1-15-11-6-9-4-3-5-10(8-14)13(9)12(7-11)16-2/h6-8,10H,3-5H2,1-2H3. The van der Waals surface area contributed by atoms with Gasteiger partial charge in [0.15, 0.2) is 0 Å². The van der Waals surface area contributed by atoms with Gasteiger partial charge in [-0.2, -0.15) is 0 Å². The van der Waals surface area contributed by atoms with Crippen molar-refractivity contribution in [2.45, 2.75) is 25.2 Å².